The van der Waals surface area contributed by atoms with E-state index in [0.717, 1.165) is 19.6 Å². The van der Waals surface area contributed by atoms with Crippen molar-refractivity contribution in [2.24, 2.45) is 0 Å². The number of hydrogen-bond donors (Lipinski definition) is 2. The van der Waals surface area contributed by atoms with Crippen LogP contribution in [0.3, 0.4) is 0 Å². The number of nitrogens with zero attached hydrogens (tertiary/aromatic N) is 1. The average Bonchev–Trinajstić information content (AvgIpc) is 3.11. The maximum Gasteiger partial charge on any atom is 0.239 e. The molecular weight excluding hydrogens is 278 g/mol. The first kappa shape index (κ1) is 15.5. The van der Waals surface area contributed by atoms with E-state index in [1.54, 1.807) is 0 Å². The molecule has 2 aliphatic rings. The number of nitrogens with one attached hydrogen (secondary N) is 2. The first-order chi connectivity index (χ1) is 10.8. The second kappa shape index (κ2) is 7.72. The Bertz CT molecular complexity index is 468. The molecule has 2 heterocycles. The normalized spacial score (nSPS) is 24.1. The Labute approximate surface area is 132 Å². The lowest BCUT2D eigenvalue weighted by Gasteiger charge is -2.29. The number of carbonyl (C=O) groups is 1. The topological polar surface area (TPSA) is 53.6 Å². The Balaban J connectivity index is 1.61. The van der Waals surface area contributed by atoms with Crippen molar-refractivity contribution in [3.8, 4) is 0 Å². The van der Waals surface area contributed by atoms with Crippen molar-refractivity contribution in [3.05, 3.63) is 35.9 Å². The van der Waals surface area contributed by atoms with Crippen molar-refractivity contribution in [2.45, 2.75) is 24.9 Å². The number of amides is 1. The zero-order chi connectivity index (χ0) is 15.2. The molecule has 120 valence electrons. The Morgan fingerprint density at radius 1 is 1.32 bits per heavy atom. The van der Waals surface area contributed by atoms with Gasteiger partial charge in [0, 0.05) is 13.1 Å². The molecule has 0 radical (unpaired) electrons. The van der Waals surface area contributed by atoms with Crippen LogP contribution in [0, 0.1) is 0 Å². The van der Waals surface area contributed by atoms with E-state index < -0.39 is 0 Å². The maximum absolute atomic E-state index is 12.3. The summed E-state index contributed by atoms with van der Waals surface area (Å²) in [6.45, 7) is 4.77. The van der Waals surface area contributed by atoms with E-state index in [2.05, 4.69) is 39.8 Å². The average molecular weight is 303 g/mol. The van der Waals surface area contributed by atoms with Crippen molar-refractivity contribution in [1.29, 1.82) is 0 Å². The van der Waals surface area contributed by atoms with Gasteiger partial charge in [-0.15, -0.1) is 0 Å². The molecule has 1 aromatic rings. The minimum Gasteiger partial charge on any atom is -0.378 e. The summed E-state index contributed by atoms with van der Waals surface area (Å²) < 4.78 is 5.36. The van der Waals surface area contributed by atoms with Gasteiger partial charge in [-0.05, 0) is 31.5 Å². The van der Waals surface area contributed by atoms with E-state index in [4.69, 9.17) is 4.74 Å². The van der Waals surface area contributed by atoms with Crippen LogP contribution in [0.15, 0.2) is 30.3 Å². The molecule has 5 heteroatoms. The lowest BCUT2D eigenvalue weighted by molar-refractivity contribution is -0.126. The number of rotatable bonds is 5. The zero-order valence-electron chi connectivity index (χ0n) is 13.0. The number of ether oxygens (including phenoxy) is 1. The van der Waals surface area contributed by atoms with Gasteiger partial charge < -0.3 is 15.4 Å². The molecule has 2 unspecified atom stereocenters. The van der Waals surface area contributed by atoms with Crippen LogP contribution >= 0.6 is 0 Å². The van der Waals surface area contributed by atoms with Crippen molar-refractivity contribution >= 4 is 5.91 Å². The summed E-state index contributed by atoms with van der Waals surface area (Å²) in [5, 5.41) is 6.31. The summed E-state index contributed by atoms with van der Waals surface area (Å²) >= 11 is 0. The molecule has 1 amide bonds. The molecule has 0 saturated carbocycles. The van der Waals surface area contributed by atoms with E-state index >= 15 is 0 Å². The lowest BCUT2D eigenvalue weighted by atomic mass is 10.1. The first-order valence-electron chi connectivity index (χ1n) is 8.22. The smallest absolute Gasteiger partial charge is 0.239 e. The van der Waals surface area contributed by atoms with E-state index in [0.29, 0.717) is 19.8 Å². The highest BCUT2D eigenvalue weighted by Gasteiger charge is 2.26. The van der Waals surface area contributed by atoms with Crippen LogP contribution < -0.4 is 10.6 Å². The quantitative estimate of drug-likeness (QED) is 0.850. The van der Waals surface area contributed by atoms with Crippen LogP contribution in [0.1, 0.15) is 24.4 Å². The van der Waals surface area contributed by atoms with Gasteiger partial charge in [0.25, 0.3) is 0 Å². The van der Waals surface area contributed by atoms with Gasteiger partial charge in [-0.2, -0.15) is 0 Å². The first-order valence-corrected chi connectivity index (χ1v) is 8.22. The van der Waals surface area contributed by atoms with Gasteiger partial charge in [-0.3, -0.25) is 9.69 Å². The molecule has 2 saturated heterocycles. The van der Waals surface area contributed by atoms with Crippen LogP contribution in [0.4, 0.5) is 0 Å². The SMILES string of the molecule is O=C(NCC(c1ccccc1)N1CCCC1)C1COCCN1. The second-order valence-corrected chi connectivity index (χ2v) is 6.00. The van der Waals surface area contributed by atoms with E-state index in [-0.39, 0.29) is 18.0 Å². The number of benzene rings is 1. The van der Waals surface area contributed by atoms with Crippen LogP contribution in [0.5, 0.6) is 0 Å². The van der Waals surface area contributed by atoms with E-state index in [1.165, 1.54) is 18.4 Å². The highest BCUT2D eigenvalue weighted by Crippen LogP contribution is 2.24. The Morgan fingerprint density at radius 3 is 2.77 bits per heavy atom. The fourth-order valence-corrected chi connectivity index (χ4v) is 3.24. The minimum absolute atomic E-state index is 0.0415. The van der Waals surface area contributed by atoms with Crippen LogP contribution in [-0.2, 0) is 9.53 Å². The molecule has 22 heavy (non-hydrogen) atoms. The van der Waals surface area contributed by atoms with Gasteiger partial charge in [0.2, 0.25) is 5.91 Å². The van der Waals surface area contributed by atoms with Gasteiger partial charge >= 0.3 is 0 Å². The Morgan fingerprint density at radius 2 is 2.09 bits per heavy atom. The summed E-state index contributed by atoms with van der Waals surface area (Å²) in [4.78, 5) is 14.7. The fourth-order valence-electron chi connectivity index (χ4n) is 3.24. The Kier molecular flexibility index (Phi) is 5.43. The van der Waals surface area contributed by atoms with Gasteiger partial charge in [-0.25, -0.2) is 0 Å². The molecule has 2 atom stereocenters. The largest absolute Gasteiger partial charge is 0.378 e. The lowest BCUT2D eigenvalue weighted by Crippen LogP contribution is -2.52. The highest BCUT2D eigenvalue weighted by molar-refractivity contribution is 5.82. The van der Waals surface area contributed by atoms with Crippen molar-refractivity contribution in [2.75, 3.05) is 39.4 Å². The van der Waals surface area contributed by atoms with Crippen molar-refractivity contribution < 1.29 is 9.53 Å². The maximum atomic E-state index is 12.3. The second-order valence-electron chi connectivity index (χ2n) is 6.00. The molecule has 0 bridgehead atoms. The van der Waals surface area contributed by atoms with Gasteiger partial charge in [-0.1, -0.05) is 30.3 Å². The summed E-state index contributed by atoms with van der Waals surface area (Å²) in [7, 11) is 0. The molecule has 2 fully saturated rings. The molecular formula is C17H25N3O2. The van der Waals surface area contributed by atoms with E-state index in [1.807, 2.05) is 6.07 Å². The molecule has 2 aliphatic heterocycles. The number of likely N-dealkylation sites (tertiary alicyclic amines) is 1. The van der Waals surface area contributed by atoms with Crippen molar-refractivity contribution in [1.82, 2.24) is 15.5 Å². The fraction of sp³-hybridized carbons (Fsp3) is 0.588. The molecule has 5 nitrogen and oxygen atoms in total. The van der Waals surface area contributed by atoms with Crippen LogP contribution in [0.25, 0.3) is 0 Å². The predicted octanol–water partition coefficient (Wildman–Crippen LogP) is 0.928. The van der Waals surface area contributed by atoms with Gasteiger partial charge in [0.1, 0.15) is 6.04 Å². The molecule has 2 N–H and O–H groups in total. The van der Waals surface area contributed by atoms with Crippen LogP contribution in [0.2, 0.25) is 0 Å². The standard InChI is InChI=1S/C17H25N3O2/c21-17(15-13-22-11-8-18-15)19-12-16(20-9-4-5-10-20)14-6-2-1-3-7-14/h1-3,6-7,15-16,18H,4-5,8-13H2,(H,19,21). The molecule has 3 rings (SSSR count). The molecule has 1 aromatic carbocycles. The summed E-state index contributed by atoms with van der Waals surface area (Å²) in [6.07, 6.45) is 2.49. The summed E-state index contributed by atoms with van der Waals surface area (Å²) in [6, 6.07) is 10.5. The van der Waals surface area contributed by atoms with Gasteiger partial charge in [0.05, 0.1) is 19.3 Å². The predicted molar refractivity (Wildman–Crippen MR) is 85.6 cm³/mol. The van der Waals surface area contributed by atoms with Gasteiger partial charge in [0.15, 0.2) is 0 Å². The molecule has 0 aromatic heterocycles. The number of carbonyl (C=O) groups excluding carboxylic acids is 1. The highest BCUT2D eigenvalue weighted by atomic mass is 16.5. The minimum atomic E-state index is -0.219. The monoisotopic (exact) mass is 303 g/mol. The van der Waals surface area contributed by atoms with Crippen LogP contribution in [-0.4, -0.2) is 56.2 Å². The third-order valence-corrected chi connectivity index (χ3v) is 4.47. The molecule has 0 aliphatic carbocycles. The summed E-state index contributed by atoms with van der Waals surface area (Å²) in [5.41, 5.74) is 1.28. The molecule has 0 spiro atoms. The van der Waals surface area contributed by atoms with Crippen molar-refractivity contribution in [3.63, 3.8) is 0 Å². The van der Waals surface area contributed by atoms with E-state index in [9.17, 15) is 4.79 Å². The zero-order valence-corrected chi connectivity index (χ0v) is 13.0. The third-order valence-electron chi connectivity index (χ3n) is 4.47. The third kappa shape index (κ3) is 3.85. The number of hydrogen-bond acceptors (Lipinski definition) is 4. The number of morpholine rings is 1. The summed E-state index contributed by atoms with van der Waals surface area (Å²) in [5.74, 6) is 0.0415. The Hall–Kier alpha value is -1.43.